The van der Waals surface area contributed by atoms with Gasteiger partial charge in [-0.2, -0.15) is 0 Å². The number of carbonyl (C=O) groups excluding carboxylic acids is 2. The van der Waals surface area contributed by atoms with Crippen molar-refractivity contribution in [3.05, 3.63) is 95.6 Å². The lowest BCUT2D eigenvalue weighted by atomic mass is 9.98. The summed E-state index contributed by atoms with van der Waals surface area (Å²) in [6, 6.07) is 23.2. The Kier molecular flexibility index (Phi) is 9.91. The number of ether oxygens (including phenoxy) is 2. The summed E-state index contributed by atoms with van der Waals surface area (Å²) in [4.78, 5) is 38.0. The van der Waals surface area contributed by atoms with Crippen LogP contribution in [0.5, 0.6) is 0 Å². The van der Waals surface area contributed by atoms with E-state index in [0.717, 1.165) is 34.2 Å². The van der Waals surface area contributed by atoms with Crippen LogP contribution < -0.4 is 10.6 Å². The number of nitrogens with one attached hydrogen (secondary N) is 2. The zero-order chi connectivity index (χ0) is 28.5. The van der Waals surface area contributed by atoms with Gasteiger partial charge in [-0.1, -0.05) is 98.6 Å². The first-order valence-corrected chi connectivity index (χ1v) is 13.7. The van der Waals surface area contributed by atoms with Crippen molar-refractivity contribution in [2.45, 2.75) is 63.8 Å². The molecule has 0 unspecified atom stereocenters. The molecule has 0 spiro atoms. The largest absolute Gasteiger partial charge is 0.480 e. The third-order valence-electron chi connectivity index (χ3n) is 7.19. The Bertz CT molecular complexity index is 1270. The van der Waals surface area contributed by atoms with E-state index >= 15 is 0 Å². The fourth-order valence-electron chi connectivity index (χ4n) is 4.99. The molecule has 1 aliphatic carbocycles. The molecular weight excluding hydrogens is 508 g/mol. The Morgan fingerprint density at radius 2 is 1.48 bits per heavy atom. The molecular formula is C32H36N2O6. The molecule has 3 aromatic rings. The molecule has 2 amide bonds. The number of rotatable bonds is 13. The Labute approximate surface area is 234 Å². The van der Waals surface area contributed by atoms with Crippen LogP contribution in [0, 0.1) is 0 Å². The van der Waals surface area contributed by atoms with Crippen molar-refractivity contribution in [1.82, 2.24) is 10.6 Å². The highest BCUT2D eigenvalue weighted by atomic mass is 16.5. The van der Waals surface area contributed by atoms with E-state index in [2.05, 4.69) is 22.8 Å². The maximum absolute atomic E-state index is 13.2. The Balaban J connectivity index is 1.37. The molecule has 4 rings (SSSR count). The van der Waals surface area contributed by atoms with E-state index < -0.39 is 36.2 Å². The van der Waals surface area contributed by atoms with E-state index in [-0.39, 0.29) is 19.1 Å². The van der Waals surface area contributed by atoms with Crippen LogP contribution in [0.25, 0.3) is 11.1 Å². The predicted molar refractivity (Wildman–Crippen MR) is 152 cm³/mol. The SMILES string of the molecule is CCCC[C@H](NC(=O)OCC1c2ccccc2-c2ccccc21)C(=O)N[C@H](C(=O)O)[C@@H](C)OCc1ccccc1. The summed E-state index contributed by atoms with van der Waals surface area (Å²) >= 11 is 0. The highest BCUT2D eigenvalue weighted by Crippen LogP contribution is 2.44. The average Bonchev–Trinajstić information content (AvgIpc) is 3.29. The van der Waals surface area contributed by atoms with Crippen LogP contribution in [0.15, 0.2) is 78.9 Å². The van der Waals surface area contributed by atoms with Crippen molar-refractivity contribution in [1.29, 1.82) is 0 Å². The van der Waals surface area contributed by atoms with Gasteiger partial charge in [0.1, 0.15) is 12.6 Å². The molecule has 0 saturated heterocycles. The van der Waals surface area contributed by atoms with Gasteiger partial charge in [0, 0.05) is 5.92 Å². The van der Waals surface area contributed by atoms with E-state index in [0.29, 0.717) is 12.8 Å². The van der Waals surface area contributed by atoms with E-state index in [1.165, 1.54) is 0 Å². The Morgan fingerprint density at radius 1 is 0.875 bits per heavy atom. The van der Waals surface area contributed by atoms with Gasteiger partial charge in [0.25, 0.3) is 0 Å². The van der Waals surface area contributed by atoms with Gasteiger partial charge in [0.2, 0.25) is 5.91 Å². The normalized spacial score (nSPS) is 14.3. The summed E-state index contributed by atoms with van der Waals surface area (Å²) in [7, 11) is 0. The monoisotopic (exact) mass is 544 g/mol. The maximum atomic E-state index is 13.2. The van der Waals surface area contributed by atoms with Crippen LogP contribution in [-0.2, 0) is 25.7 Å². The zero-order valence-corrected chi connectivity index (χ0v) is 22.8. The second-order valence-corrected chi connectivity index (χ2v) is 9.99. The molecule has 8 heteroatoms. The first kappa shape index (κ1) is 28.8. The number of hydrogen-bond acceptors (Lipinski definition) is 5. The van der Waals surface area contributed by atoms with E-state index in [9.17, 15) is 19.5 Å². The molecule has 0 aliphatic heterocycles. The lowest BCUT2D eigenvalue weighted by molar-refractivity contribution is -0.146. The lowest BCUT2D eigenvalue weighted by Gasteiger charge is -2.25. The first-order valence-electron chi connectivity index (χ1n) is 13.7. The molecule has 0 heterocycles. The summed E-state index contributed by atoms with van der Waals surface area (Å²) in [6.45, 7) is 3.90. The minimum Gasteiger partial charge on any atom is -0.480 e. The number of aliphatic carboxylic acids is 1. The Morgan fingerprint density at radius 3 is 2.08 bits per heavy atom. The number of unbranched alkanes of at least 4 members (excludes halogenated alkanes) is 1. The summed E-state index contributed by atoms with van der Waals surface area (Å²) in [5, 5.41) is 15.0. The van der Waals surface area contributed by atoms with Gasteiger partial charge in [0.05, 0.1) is 12.7 Å². The second-order valence-electron chi connectivity index (χ2n) is 9.99. The number of benzene rings is 3. The van der Waals surface area contributed by atoms with Crippen LogP contribution in [0.4, 0.5) is 4.79 Å². The standard InChI is InChI=1S/C32H36N2O6/c1-3-4-18-28(30(35)34-29(31(36)37)21(2)39-19-22-12-6-5-7-13-22)33-32(38)40-20-27-25-16-10-8-14-23(25)24-15-9-11-17-26(24)27/h5-17,21,27-29H,3-4,18-20H2,1-2H3,(H,33,38)(H,34,35)(H,36,37)/t21-,28+,29+/m1/s1. The first-order chi connectivity index (χ1) is 19.4. The van der Waals surface area contributed by atoms with E-state index in [1.54, 1.807) is 6.92 Å². The van der Waals surface area contributed by atoms with E-state index in [1.807, 2.05) is 73.7 Å². The summed E-state index contributed by atoms with van der Waals surface area (Å²) in [6.07, 6.45) is 0.286. The van der Waals surface area contributed by atoms with Crippen molar-refractivity contribution in [3.8, 4) is 11.1 Å². The quantitative estimate of drug-likeness (QED) is 0.271. The highest BCUT2D eigenvalue weighted by molar-refractivity contribution is 5.89. The van der Waals surface area contributed by atoms with Crippen molar-refractivity contribution < 1.29 is 29.0 Å². The molecule has 3 N–H and O–H groups in total. The van der Waals surface area contributed by atoms with Crippen molar-refractivity contribution >= 4 is 18.0 Å². The topological polar surface area (TPSA) is 114 Å². The van der Waals surface area contributed by atoms with Gasteiger partial charge in [-0.05, 0) is 41.2 Å². The number of carbonyl (C=O) groups is 3. The number of amides is 2. The summed E-state index contributed by atoms with van der Waals surface area (Å²) < 4.78 is 11.4. The third-order valence-corrected chi connectivity index (χ3v) is 7.19. The molecule has 0 saturated carbocycles. The fraction of sp³-hybridized carbons (Fsp3) is 0.344. The van der Waals surface area contributed by atoms with Gasteiger partial charge in [-0.3, -0.25) is 4.79 Å². The molecule has 1 aliphatic rings. The van der Waals surface area contributed by atoms with Crippen LogP contribution in [0.1, 0.15) is 55.7 Å². The molecule has 0 radical (unpaired) electrons. The third kappa shape index (κ3) is 7.07. The molecule has 0 fully saturated rings. The number of hydrogen-bond donors (Lipinski definition) is 3. The van der Waals surface area contributed by atoms with Gasteiger partial charge in [-0.15, -0.1) is 0 Å². The molecule has 0 aromatic heterocycles. The molecule has 3 aromatic carbocycles. The second kappa shape index (κ2) is 13.8. The van der Waals surface area contributed by atoms with Crippen molar-refractivity contribution in [2.75, 3.05) is 6.61 Å². The van der Waals surface area contributed by atoms with Crippen LogP contribution in [0.2, 0.25) is 0 Å². The summed E-state index contributed by atoms with van der Waals surface area (Å²) in [5.41, 5.74) is 5.31. The smallest absolute Gasteiger partial charge is 0.407 e. The number of alkyl carbamates (subject to hydrolysis) is 1. The summed E-state index contributed by atoms with van der Waals surface area (Å²) in [5.74, 6) is -1.92. The van der Waals surface area contributed by atoms with Crippen molar-refractivity contribution in [3.63, 3.8) is 0 Å². The van der Waals surface area contributed by atoms with Crippen LogP contribution in [0.3, 0.4) is 0 Å². The van der Waals surface area contributed by atoms with Crippen molar-refractivity contribution in [2.24, 2.45) is 0 Å². The van der Waals surface area contributed by atoms with Gasteiger partial charge >= 0.3 is 12.1 Å². The average molecular weight is 545 g/mol. The molecule has 0 bridgehead atoms. The minimum absolute atomic E-state index is 0.111. The van der Waals surface area contributed by atoms with Gasteiger partial charge < -0.3 is 25.2 Å². The van der Waals surface area contributed by atoms with Crippen LogP contribution >= 0.6 is 0 Å². The fourth-order valence-corrected chi connectivity index (χ4v) is 4.99. The van der Waals surface area contributed by atoms with Gasteiger partial charge in [-0.25, -0.2) is 9.59 Å². The Hall–Kier alpha value is -4.17. The molecule has 3 atom stereocenters. The number of fused-ring (bicyclic) bond motifs is 3. The lowest BCUT2D eigenvalue weighted by Crippen LogP contribution is -2.55. The van der Waals surface area contributed by atoms with Crippen LogP contribution in [-0.4, -0.2) is 47.9 Å². The number of carboxylic acids is 1. The maximum Gasteiger partial charge on any atom is 0.407 e. The minimum atomic E-state index is -1.29. The molecule has 40 heavy (non-hydrogen) atoms. The molecule has 8 nitrogen and oxygen atoms in total. The number of carboxylic acid groups (broad SMARTS) is 1. The van der Waals surface area contributed by atoms with Gasteiger partial charge in [0.15, 0.2) is 6.04 Å². The molecule has 210 valence electrons. The zero-order valence-electron chi connectivity index (χ0n) is 22.8. The highest BCUT2D eigenvalue weighted by Gasteiger charge is 2.32. The van der Waals surface area contributed by atoms with E-state index in [4.69, 9.17) is 9.47 Å². The predicted octanol–water partition coefficient (Wildman–Crippen LogP) is 5.26.